The van der Waals surface area contributed by atoms with Gasteiger partial charge in [0.05, 0.1) is 24.8 Å². The van der Waals surface area contributed by atoms with Crippen LogP contribution in [0.2, 0.25) is 0 Å². The maximum Gasteiger partial charge on any atom is 0.357 e. The molecule has 1 aromatic heterocycles. The number of para-hydroxylation sites is 1. The van der Waals surface area contributed by atoms with Crippen LogP contribution in [0.25, 0.3) is 16.9 Å². The molecule has 0 atom stereocenters. The van der Waals surface area contributed by atoms with Crippen molar-refractivity contribution in [2.75, 3.05) is 14.2 Å². The molecule has 0 saturated carbocycles. The minimum atomic E-state index is -1.11. The lowest BCUT2D eigenvalue weighted by Crippen LogP contribution is -2.15. The number of nitro benzene ring substituents is 1. The molecule has 0 aliphatic rings. The molecule has 9 nitrogen and oxygen atoms in total. The number of methoxy groups -OCH3 is 2. The zero-order valence-electron chi connectivity index (χ0n) is 15.3. The Morgan fingerprint density at radius 2 is 1.72 bits per heavy atom. The zero-order chi connectivity index (χ0) is 21.1. The number of carbonyl (C=O) groups is 2. The first kappa shape index (κ1) is 19.7. The number of halogens is 1. The SMILES string of the molecule is COC(=O)c1c(-c2ccc([N+](=O)[O-])c(F)c2)nn(-c2ccccc2)c1C(=O)OC. The molecule has 0 N–H and O–H groups in total. The number of nitro groups is 1. The topological polar surface area (TPSA) is 114 Å². The van der Waals surface area contributed by atoms with Gasteiger partial charge in [-0.25, -0.2) is 14.3 Å². The molecule has 1 heterocycles. The van der Waals surface area contributed by atoms with Crippen molar-refractivity contribution in [2.45, 2.75) is 0 Å². The minimum Gasteiger partial charge on any atom is -0.465 e. The smallest absolute Gasteiger partial charge is 0.357 e. The van der Waals surface area contributed by atoms with Crippen molar-refractivity contribution in [1.82, 2.24) is 9.78 Å². The maximum atomic E-state index is 14.2. The molecule has 3 rings (SSSR count). The number of aromatic nitrogens is 2. The molecule has 2 aromatic carbocycles. The molecular formula is C19H14FN3O6. The van der Waals surface area contributed by atoms with Gasteiger partial charge in [-0.2, -0.15) is 9.49 Å². The fourth-order valence-electron chi connectivity index (χ4n) is 2.76. The van der Waals surface area contributed by atoms with Crippen molar-refractivity contribution in [3.63, 3.8) is 0 Å². The number of esters is 2. The van der Waals surface area contributed by atoms with E-state index in [4.69, 9.17) is 9.47 Å². The molecule has 0 radical (unpaired) electrons. The Balaban J connectivity index is 2.33. The average Bonchev–Trinajstić information content (AvgIpc) is 3.13. The predicted molar refractivity (Wildman–Crippen MR) is 98.3 cm³/mol. The van der Waals surface area contributed by atoms with E-state index in [1.165, 1.54) is 10.7 Å². The number of benzene rings is 2. The van der Waals surface area contributed by atoms with Crippen molar-refractivity contribution >= 4 is 17.6 Å². The van der Waals surface area contributed by atoms with E-state index < -0.39 is 28.4 Å². The molecule has 0 fully saturated rings. The molecule has 148 valence electrons. The monoisotopic (exact) mass is 399 g/mol. The summed E-state index contributed by atoms with van der Waals surface area (Å²) in [6, 6.07) is 11.5. The van der Waals surface area contributed by atoms with Crippen LogP contribution in [-0.2, 0) is 9.47 Å². The van der Waals surface area contributed by atoms with Gasteiger partial charge < -0.3 is 9.47 Å². The Kier molecular flexibility index (Phi) is 5.35. The summed E-state index contributed by atoms with van der Waals surface area (Å²) in [5.41, 5.74) is -0.810. The highest BCUT2D eigenvalue weighted by molar-refractivity contribution is 6.06. The van der Waals surface area contributed by atoms with E-state index in [0.717, 1.165) is 26.4 Å². The Morgan fingerprint density at radius 3 is 2.28 bits per heavy atom. The predicted octanol–water partition coefficient (Wildman–Crippen LogP) is 3.16. The second kappa shape index (κ2) is 7.89. The van der Waals surface area contributed by atoms with Gasteiger partial charge in [0.25, 0.3) is 0 Å². The normalized spacial score (nSPS) is 10.4. The number of hydrogen-bond donors (Lipinski definition) is 0. The van der Waals surface area contributed by atoms with E-state index >= 15 is 0 Å². The Labute approximate surface area is 163 Å². The fraction of sp³-hybridized carbons (Fsp3) is 0.105. The standard InChI is InChI=1S/C19H14FN3O6/c1-28-18(24)15-16(11-8-9-14(23(26)27)13(20)10-11)21-22(17(15)19(25)29-2)12-6-4-3-5-7-12/h3-10H,1-2H3. The summed E-state index contributed by atoms with van der Waals surface area (Å²) >= 11 is 0. The van der Waals surface area contributed by atoms with Crippen molar-refractivity contribution in [3.8, 4) is 16.9 Å². The molecule has 0 unspecified atom stereocenters. The number of carbonyl (C=O) groups excluding carboxylic acids is 2. The number of hydrogen-bond acceptors (Lipinski definition) is 7. The van der Waals surface area contributed by atoms with Gasteiger partial charge in [0.15, 0.2) is 5.69 Å². The van der Waals surface area contributed by atoms with Crippen molar-refractivity contribution in [1.29, 1.82) is 0 Å². The molecule has 0 saturated heterocycles. The van der Waals surface area contributed by atoms with Crippen molar-refractivity contribution in [2.24, 2.45) is 0 Å². The van der Waals surface area contributed by atoms with Crippen LogP contribution >= 0.6 is 0 Å². The van der Waals surface area contributed by atoms with Gasteiger partial charge in [-0.15, -0.1) is 0 Å². The Bertz CT molecular complexity index is 1110. The van der Waals surface area contributed by atoms with Crippen LogP contribution in [0.1, 0.15) is 20.8 Å². The van der Waals surface area contributed by atoms with E-state index in [-0.39, 0.29) is 22.5 Å². The first-order valence-corrected chi connectivity index (χ1v) is 8.18. The Morgan fingerprint density at radius 1 is 1.07 bits per heavy atom. The Hall–Kier alpha value is -4.08. The van der Waals surface area contributed by atoms with E-state index in [1.54, 1.807) is 30.3 Å². The quantitative estimate of drug-likeness (QED) is 0.368. The molecule has 0 bridgehead atoms. The third-order valence-corrected chi connectivity index (χ3v) is 4.07. The highest BCUT2D eigenvalue weighted by Gasteiger charge is 2.32. The van der Waals surface area contributed by atoms with Crippen LogP contribution in [0.3, 0.4) is 0 Å². The van der Waals surface area contributed by atoms with Gasteiger partial charge in [0.2, 0.25) is 5.82 Å². The molecule has 3 aromatic rings. The van der Waals surface area contributed by atoms with Gasteiger partial charge in [-0.05, 0) is 24.3 Å². The number of nitrogens with zero attached hydrogens (tertiary/aromatic N) is 3. The summed E-state index contributed by atoms with van der Waals surface area (Å²) in [5.74, 6) is -2.88. The minimum absolute atomic E-state index is 0.0494. The molecule has 10 heteroatoms. The lowest BCUT2D eigenvalue weighted by molar-refractivity contribution is -0.387. The maximum absolute atomic E-state index is 14.2. The first-order chi connectivity index (χ1) is 13.9. The van der Waals surface area contributed by atoms with Crippen molar-refractivity contribution < 1.29 is 28.4 Å². The van der Waals surface area contributed by atoms with Crippen LogP contribution in [0, 0.1) is 15.9 Å². The van der Waals surface area contributed by atoms with Crippen LogP contribution in [-0.4, -0.2) is 40.9 Å². The van der Waals surface area contributed by atoms with Crippen LogP contribution in [0.5, 0.6) is 0 Å². The second-order valence-electron chi connectivity index (χ2n) is 5.73. The van der Waals surface area contributed by atoms with Crippen LogP contribution in [0.15, 0.2) is 48.5 Å². The average molecular weight is 399 g/mol. The molecule has 0 aliphatic heterocycles. The summed E-state index contributed by atoms with van der Waals surface area (Å²) in [5, 5.41) is 15.2. The summed E-state index contributed by atoms with van der Waals surface area (Å²) < 4.78 is 24.9. The van der Waals surface area contributed by atoms with Crippen molar-refractivity contribution in [3.05, 3.63) is 75.7 Å². The lowest BCUT2D eigenvalue weighted by Gasteiger charge is -2.07. The van der Waals surface area contributed by atoms with Crippen LogP contribution < -0.4 is 0 Å². The second-order valence-corrected chi connectivity index (χ2v) is 5.73. The molecule has 0 spiro atoms. The van der Waals surface area contributed by atoms with E-state index in [9.17, 15) is 24.1 Å². The van der Waals surface area contributed by atoms with Gasteiger partial charge in [-0.3, -0.25) is 10.1 Å². The molecule has 0 amide bonds. The largest absolute Gasteiger partial charge is 0.465 e. The van der Waals surface area contributed by atoms with Gasteiger partial charge in [-0.1, -0.05) is 18.2 Å². The zero-order valence-corrected chi connectivity index (χ0v) is 15.3. The van der Waals surface area contributed by atoms with E-state index in [0.29, 0.717) is 5.69 Å². The molecule has 0 aliphatic carbocycles. The van der Waals surface area contributed by atoms with E-state index in [1.807, 2.05) is 0 Å². The van der Waals surface area contributed by atoms with Gasteiger partial charge >= 0.3 is 17.6 Å². The third-order valence-electron chi connectivity index (χ3n) is 4.07. The summed E-state index contributed by atoms with van der Waals surface area (Å²) in [7, 11) is 2.25. The highest BCUT2D eigenvalue weighted by atomic mass is 19.1. The lowest BCUT2D eigenvalue weighted by atomic mass is 10.0. The first-order valence-electron chi connectivity index (χ1n) is 8.18. The summed E-state index contributed by atoms with van der Waals surface area (Å²) in [6.07, 6.45) is 0. The van der Waals surface area contributed by atoms with Gasteiger partial charge in [0, 0.05) is 11.6 Å². The molecular weight excluding hydrogens is 385 g/mol. The molecule has 29 heavy (non-hydrogen) atoms. The number of ether oxygens (including phenoxy) is 2. The number of rotatable bonds is 5. The highest BCUT2D eigenvalue weighted by Crippen LogP contribution is 2.31. The summed E-state index contributed by atoms with van der Waals surface area (Å²) in [6.45, 7) is 0. The third kappa shape index (κ3) is 3.55. The van der Waals surface area contributed by atoms with E-state index in [2.05, 4.69) is 5.10 Å². The fourth-order valence-corrected chi connectivity index (χ4v) is 2.76. The van der Waals surface area contributed by atoms with Gasteiger partial charge in [0.1, 0.15) is 11.3 Å². The summed E-state index contributed by atoms with van der Waals surface area (Å²) in [4.78, 5) is 34.9. The van der Waals surface area contributed by atoms with Crippen LogP contribution in [0.4, 0.5) is 10.1 Å².